The summed E-state index contributed by atoms with van der Waals surface area (Å²) in [4.78, 5) is 22.6. The van der Waals surface area contributed by atoms with Crippen LogP contribution in [0, 0.1) is 6.92 Å². The molecule has 1 aromatic rings. The van der Waals surface area contributed by atoms with Crippen LogP contribution >= 0.6 is 11.8 Å². The van der Waals surface area contributed by atoms with Gasteiger partial charge in [-0.25, -0.2) is 4.79 Å². The molecular weight excluding hydrogens is 274 g/mol. The van der Waals surface area contributed by atoms with E-state index < -0.39 is 5.97 Å². The Balaban J connectivity index is 2.88. The topological polar surface area (TPSA) is 66.4 Å². The van der Waals surface area contributed by atoms with Crippen LogP contribution < -0.4 is 5.32 Å². The van der Waals surface area contributed by atoms with Crippen molar-refractivity contribution in [3.05, 3.63) is 41.0 Å². The Kier molecular flexibility index (Phi) is 6.31. The third-order valence-corrected chi connectivity index (χ3v) is 3.57. The largest absolute Gasteiger partial charge is 0.478 e. The van der Waals surface area contributed by atoms with Crippen LogP contribution in [0.3, 0.4) is 0 Å². The van der Waals surface area contributed by atoms with Gasteiger partial charge in [-0.05, 0) is 49.4 Å². The molecule has 108 valence electrons. The minimum Gasteiger partial charge on any atom is -0.478 e. The molecule has 0 saturated heterocycles. The third-order valence-electron chi connectivity index (χ3n) is 2.74. The second kappa shape index (κ2) is 7.75. The summed E-state index contributed by atoms with van der Waals surface area (Å²) >= 11 is 1.67. The molecule has 0 radical (unpaired) electrons. The second-order valence-electron chi connectivity index (χ2n) is 4.57. The quantitative estimate of drug-likeness (QED) is 0.791. The predicted octanol–water partition coefficient (Wildman–Crippen LogP) is 2.57. The van der Waals surface area contributed by atoms with E-state index in [1.165, 1.54) is 6.08 Å². The molecule has 4 nitrogen and oxygen atoms in total. The van der Waals surface area contributed by atoms with Crippen LogP contribution in [0.2, 0.25) is 0 Å². The van der Waals surface area contributed by atoms with Crippen molar-refractivity contribution < 1.29 is 14.7 Å². The standard InChI is InChI=1S/C15H19NO3S/c1-10-4-5-13(8-12(10)6-7-14(17)18)15(19)16-11(2)9-20-3/h4-8,11H,9H2,1-3H3,(H,16,19)(H,17,18)/b7-6+. The number of carbonyl (C=O) groups is 2. The van der Waals surface area contributed by atoms with Gasteiger partial charge in [0.15, 0.2) is 0 Å². The molecule has 0 bridgehead atoms. The maximum Gasteiger partial charge on any atom is 0.328 e. The molecule has 0 fully saturated rings. The molecule has 5 heteroatoms. The maximum atomic E-state index is 12.1. The highest BCUT2D eigenvalue weighted by molar-refractivity contribution is 7.98. The molecule has 0 spiro atoms. The van der Waals surface area contributed by atoms with Crippen molar-refractivity contribution in [1.29, 1.82) is 0 Å². The Morgan fingerprint density at radius 1 is 1.45 bits per heavy atom. The lowest BCUT2D eigenvalue weighted by atomic mass is 10.0. The van der Waals surface area contributed by atoms with E-state index in [1.54, 1.807) is 23.9 Å². The fourth-order valence-corrected chi connectivity index (χ4v) is 2.30. The van der Waals surface area contributed by atoms with Crippen LogP contribution in [-0.2, 0) is 4.79 Å². The van der Waals surface area contributed by atoms with Gasteiger partial charge in [0.2, 0.25) is 0 Å². The van der Waals surface area contributed by atoms with Gasteiger partial charge in [-0.2, -0.15) is 11.8 Å². The maximum absolute atomic E-state index is 12.1. The highest BCUT2D eigenvalue weighted by atomic mass is 32.2. The first-order chi connectivity index (χ1) is 9.43. The zero-order valence-corrected chi connectivity index (χ0v) is 12.7. The minimum absolute atomic E-state index is 0.0943. The normalized spacial score (nSPS) is 12.3. The summed E-state index contributed by atoms with van der Waals surface area (Å²) in [7, 11) is 0. The number of aliphatic carboxylic acids is 1. The molecule has 1 amide bonds. The fourth-order valence-electron chi connectivity index (χ4n) is 1.72. The highest BCUT2D eigenvalue weighted by Crippen LogP contribution is 2.13. The van der Waals surface area contributed by atoms with Crippen molar-refractivity contribution in [2.75, 3.05) is 12.0 Å². The van der Waals surface area contributed by atoms with E-state index >= 15 is 0 Å². The van der Waals surface area contributed by atoms with E-state index in [9.17, 15) is 9.59 Å². The van der Waals surface area contributed by atoms with E-state index in [0.717, 1.165) is 23.0 Å². The average molecular weight is 293 g/mol. The van der Waals surface area contributed by atoms with Gasteiger partial charge in [-0.15, -0.1) is 0 Å². The van der Waals surface area contributed by atoms with Crippen molar-refractivity contribution in [1.82, 2.24) is 5.32 Å². The number of benzene rings is 1. The van der Waals surface area contributed by atoms with Crippen LogP contribution in [-0.4, -0.2) is 35.0 Å². The van der Waals surface area contributed by atoms with E-state index in [1.807, 2.05) is 26.2 Å². The van der Waals surface area contributed by atoms with Crippen LogP contribution in [0.25, 0.3) is 6.08 Å². The Hall–Kier alpha value is -1.75. The number of carboxylic acids is 1. The Labute approximate surface area is 123 Å². The van der Waals surface area contributed by atoms with Gasteiger partial charge < -0.3 is 10.4 Å². The van der Waals surface area contributed by atoms with Gasteiger partial charge >= 0.3 is 5.97 Å². The Bertz CT molecular complexity index is 526. The van der Waals surface area contributed by atoms with E-state index in [2.05, 4.69) is 5.32 Å². The third kappa shape index (κ3) is 5.09. The summed E-state index contributed by atoms with van der Waals surface area (Å²) in [6, 6.07) is 5.36. The highest BCUT2D eigenvalue weighted by Gasteiger charge is 2.10. The summed E-state index contributed by atoms with van der Waals surface area (Å²) in [5, 5.41) is 11.6. The second-order valence-corrected chi connectivity index (χ2v) is 5.48. The summed E-state index contributed by atoms with van der Waals surface area (Å²) in [5.74, 6) is -0.298. The molecule has 0 aliphatic carbocycles. The Morgan fingerprint density at radius 2 is 2.15 bits per heavy atom. The van der Waals surface area contributed by atoms with E-state index in [-0.39, 0.29) is 11.9 Å². The molecule has 1 rings (SSSR count). The van der Waals surface area contributed by atoms with Gasteiger partial charge in [-0.1, -0.05) is 6.07 Å². The lowest BCUT2D eigenvalue weighted by Gasteiger charge is -2.13. The zero-order valence-electron chi connectivity index (χ0n) is 11.8. The number of rotatable bonds is 6. The zero-order chi connectivity index (χ0) is 15.1. The first-order valence-electron chi connectivity index (χ1n) is 6.25. The van der Waals surface area contributed by atoms with Gasteiger partial charge in [0.1, 0.15) is 0 Å². The molecule has 0 aliphatic rings. The SMILES string of the molecule is CSCC(C)NC(=O)c1ccc(C)c(/C=C/C(=O)O)c1. The predicted molar refractivity (Wildman–Crippen MR) is 83.2 cm³/mol. The first kappa shape index (κ1) is 16.3. The molecule has 0 aliphatic heterocycles. The number of hydrogen-bond acceptors (Lipinski definition) is 3. The lowest BCUT2D eigenvalue weighted by molar-refractivity contribution is -0.131. The smallest absolute Gasteiger partial charge is 0.328 e. The molecule has 0 saturated carbocycles. The van der Waals surface area contributed by atoms with Crippen molar-refractivity contribution in [3.63, 3.8) is 0 Å². The van der Waals surface area contributed by atoms with Crippen LogP contribution in [0.5, 0.6) is 0 Å². The minimum atomic E-state index is -1.01. The number of carboxylic acid groups (broad SMARTS) is 1. The number of carbonyl (C=O) groups excluding carboxylic acids is 1. The van der Waals surface area contributed by atoms with Gasteiger partial charge in [0.25, 0.3) is 5.91 Å². The van der Waals surface area contributed by atoms with Gasteiger partial charge in [0, 0.05) is 23.4 Å². The Morgan fingerprint density at radius 3 is 2.75 bits per heavy atom. The summed E-state index contributed by atoms with van der Waals surface area (Å²) in [6.07, 6.45) is 4.56. The molecule has 0 heterocycles. The number of hydrogen-bond donors (Lipinski definition) is 2. The van der Waals surface area contributed by atoms with Crippen LogP contribution in [0.4, 0.5) is 0 Å². The first-order valence-corrected chi connectivity index (χ1v) is 7.65. The van der Waals surface area contributed by atoms with Crippen molar-refractivity contribution in [3.8, 4) is 0 Å². The van der Waals surface area contributed by atoms with E-state index in [0.29, 0.717) is 5.56 Å². The molecule has 0 aromatic heterocycles. The molecule has 1 atom stereocenters. The van der Waals surface area contributed by atoms with Crippen LogP contribution in [0.1, 0.15) is 28.4 Å². The molecule has 2 N–H and O–H groups in total. The number of nitrogens with one attached hydrogen (secondary N) is 1. The number of amides is 1. The summed E-state index contributed by atoms with van der Waals surface area (Å²) < 4.78 is 0. The average Bonchev–Trinajstić information content (AvgIpc) is 2.37. The lowest BCUT2D eigenvalue weighted by Crippen LogP contribution is -2.34. The fraction of sp³-hybridized carbons (Fsp3) is 0.333. The van der Waals surface area contributed by atoms with Gasteiger partial charge in [-0.3, -0.25) is 4.79 Å². The van der Waals surface area contributed by atoms with E-state index in [4.69, 9.17) is 5.11 Å². The summed E-state index contributed by atoms with van der Waals surface area (Å²) in [5.41, 5.74) is 2.20. The summed E-state index contributed by atoms with van der Waals surface area (Å²) in [6.45, 7) is 3.83. The molecular formula is C15H19NO3S. The van der Waals surface area contributed by atoms with Crippen molar-refractivity contribution in [2.24, 2.45) is 0 Å². The van der Waals surface area contributed by atoms with Gasteiger partial charge in [0.05, 0.1) is 0 Å². The molecule has 20 heavy (non-hydrogen) atoms. The molecule has 1 unspecified atom stereocenters. The number of thioether (sulfide) groups is 1. The van der Waals surface area contributed by atoms with Crippen LogP contribution in [0.15, 0.2) is 24.3 Å². The van der Waals surface area contributed by atoms with Crippen molar-refractivity contribution >= 4 is 29.7 Å². The molecule has 1 aromatic carbocycles. The monoisotopic (exact) mass is 293 g/mol. The number of aryl methyl sites for hydroxylation is 1. The van der Waals surface area contributed by atoms with Crippen molar-refractivity contribution in [2.45, 2.75) is 19.9 Å².